The molecule has 0 atom stereocenters. The standard InChI is InChI=1S/C24H25NO3S/c26-23(25-19-11-4-3-5-12-19)21-15-7-8-16-22(21)24(27)28-17-9-2-1-6-13-20-14-10-18-29-20/h3-5,7-8,10-12,14-16,18H,1-2,6,9,13,17H2,(H,25,26). The summed E-state index contributed by atoms with van der Waals surface area (Å²) in [5, 5.41) is 4.91. The Morgan fingerprint density at radius 3 is 2.28 bits per heavy atom. The van der Waals surface area contributed by atoms with Gasteiger partial charge in [-0.05, 0) is 55.0 Å². The number of rotatable bonds is 10. The summed E-state index contributed by atoms with van der Waals surface area (Å²) in [6.45, 7) is 0.368. The molecule has 0 saturated carbocycles. The van der Waals surface area contributed by atoms with Crippen LogP contribution < -0.4 is 5.32 Å². The molecular formula is C24H25NO3S. The molecule has 1 heterocycles. The van der Waals surface area contributed by atoms with Gasteiger partial charge in [0.2, 0.25) is 0 Å². The normalized spacial score (nSPS) is 10.5. The number of carbonyl (C=O) groups is 2. The SMILES string of the molecule is O=C(Nc1ccccc1)c1ccccc1C(=O)OCCCCCCc1cccs1. The van der Waals surface area contributed by atoms with E-state index in [1.54, 1.807) is 47.7 Å². The summed E-state index contributed by atoms with van der Waals surface area (Å²) in [4.78, 5) is 26.5. The van der Waals surface area contributed by atoms with Crippen LogP contribution in [0.5, 0.6) is 0 Å². The van der Waals surface area contributed by atoms with Crippen LogP contribution >= 0.6 is 11.3 Å². The van der Waals surface area contributed by atoms with Crippen molar-refractivity contribution in [3.63, 3.8) is 0 Å². The Kier molecular flexibility index (Phi) is 8.01. The number of esters is 1. The molecule has 0 aliphatic carbocycles. The van der Waals surface area contributed by atoms with E-state index in [0.717, 1.165) is 32.1 Å². The minimum Gasteiger partial charge on any atom is -0.462 e. The first-order chi connectivity index (χ1) is 14.2. The average Bonchev–Trinajstić information content (AvgIpc) is 3.27. The van der Waals surface area contributed by atoms with Crippen molar-refractivity contribution >= 4 is 28.9 Å². The van der Waals surface area contributed by atoms with Gasteiger partial charge >= 0.3 is 5.97 Å². The van der Waals surface area contributed by atoms with Gasteiger partial charge in [0.15, 0.2) is 0 Å². The van der Waals surface area contributed by atoms with Crippen molar-refractivity contribution in [2.45, 2.75) is 32.1 Å². The molecule has 0 fully saturated rings. The van der Waals surface area contributed by atoms with Crippen LogP contribution in [0.3, 0.4) is 0 Å². The minimum absolute atomic E-state index is 0.290. The highest BCUT2D eigenvalue weighted by Crippen LogP contribution is 2.15. The molecule has 3 rings (SSSR count). The van der Waals surface area contributed by atoms with Crippen LogP contribution in [0.25, 0.3) is 0 Å². The number of benzene rings is 2. The lowest BCUT2D eigenvalue weighted by molar-refractivity contribution is 0.0495. The van der Waals surface area contributed by atoms with Gasteiger partial charge in [-0.2, -0.15) is 0 Å². The number of para-hydroxylation sites is 1. The smallest absolute Gasteiger partial charge is 0.338 e. The van der Waals surface area contributed by atoms with Crippen molar-refractivity contribution in [2.75, 3.05) is 11.9 Å². The molecule has 0 spiro atoms. The van der Waals surface area contributed by atoms with E-state index in [2.05, 4.69) is 22.8 Å². The highest BCUT2D eigenvalue weighted by molar-refractivity contribution is 7.09. The van der Waals surface area contributed by atoms with Crippen LogP contribution in [0.15, 0.2) is 72.1 Å². The molecule has 5 heteroatoms. The Morgan fingerprint density at radius 1 is 0.793 bits per heavy atom. The Labute approximate surface area is 175 Å². The lowest BCUT2D eigenvalue weighted by Crippen LogP contribution is -2.18. The first kappa shape index (κ1) is 20.8. The van der Waals surface area contributed by atoms with Crippen LogP contribution in [-0.4, -0.2) is 18.5 Å². The highest BCUT2D eigenvalue weighted by atomic mass is 32.1. The molecule has 4 nitrogen and oxygen atoms in total. The minimum atomic E-state index is -0.456. The second-order valence-electron chi connectivity index (χ2n) is 6.75. The Hall–Kier alpha value is -2.92. The zero-order valence-electron chi connectivity index (χ0n) is 16.3. The third-order valence-corrected chi connectivity index (χ3v) is 5.49. The van der Waals surface area contributed by atoms with Crippen LogP contribution in [0.1, 0.15) is 51.3 Å². The van der Waals surface area contributed by atoms with E-state index in [1.165, 1.54) is 4.88 Å². The quantitative estimate of drug-likeness (QED) is 0.333. The van der Waals surface area contributed by atoms with Gasteiger partial charge in [0.1, 0.15) is 0 Å². The molecule has 0 saturated heterocycles. The number of nitrogens with one attached hydrogen (secondary N) is 1. The van der Waals surface area contributed by atoms with E-state index in [9.17, 15) is 9.59 Å². The van der Waals surface area contributed by atoms with Gasteiger partial charge in [-0.15, -0.1) is 11.3 Å². The fourth-order valence-electron chi connectivity index (χ4n) is 3.03. The summed E-state index contributed by atoms with van der Waals surface area (Å²) in [7, 11) is 0. The lowest BCUT2D eigenvalue weighted by atomic mass is 10.1. The molecule has 150 valence electrons. The van der Waals surface area contributed by atoms with Crippen molar-refractivity contribution in [1.82, 2.24) is 0 Å². The molecule has 0 unspecified atom stereocenters. The average molecular weight is 408 g/mol. The number of unbranched alkanes of at least 4 members (excludes halogenated alkanes) is 3. The molecule has 0 radical (unpaired) electrons. The number of amides is 1. The molecule has 0 aliphatic heterocycles. The van der Waals surface area contributed by atoms with Crippen molar-refractivity contribution in [3.05, 3.63) is 88.1 Å². The van der Waals surface area contributed by atoms with Crippen molar-refractivity contribution in [1.29, 1.82) is 0 Å². The van der Waals surface area contributed by atoms with E-state index < -0.39 is 5.97 Å². The Balaban J connectivity index is 1.44. The number of thiophene rings is 1. The molecule has 2 aromatic carbocycles. The molecule has 1 aromatic heterocycles. The van der Waals surface area contributed by atoms with E-state index in [0.29, 0.717) is 23.4 Å². The van der Waals surface area contributed by atoms with Gasteiger partial charge in [-0.1, -0.05) is 49.2 Å². The topological polar surface area (TPSA) is 55.4 Å². The predicted molar refractivity (Wildman–Crippen MR) is 118 cm³/mol. The number of hydrogen-bond donors (Lipinski definition) is 1. The molecule has 0 aliphatic rings. The highest BCUT2D eigenvalue weighted by Gasteiger charge is 2.17. The second kappa shape index (κ2) is 11.2. The maximum atomic E-state index is 12.6. The molecule has 0 bridgehead atoms. The molecule has 1 amide bonds. The van der Waals surface area contributed by atoms with E-state index >= 15 is 0 Å². The second-order valence-corrected chi connectivity index (χ2v) is 7.78. The number of ether oxygens (including phenoxy) is 1. The maximum absolute atomic E-state index is 12.6. The third-order valence-electron chi connectivity index (χ3n) is 4.55. The van der Waals surface area contributed by atoms with Gasteiger partial charge < -0.3 is 10.1 Å². The summed E-state index contributed by atoms with van der Waals surface area (Å²) in [5.74, 6) is -0.778. The zero-order valence-corrected chi connectivity index (χ0v) is 17.1. The van der Waals surface area contributed by atoms with Crippen LogP contribution in [0, 0.1) is 0 Å². The first-order valence-electron chi connectivity index (χ1n) is 9.89. The van der Waals surface area contributed by atoms with Crippen LogP contribution in [0.4, 0.5) is 5.69 Å². The Morgan fingerprint density at radius 2 is 1.52 bits per heavy atom. The van der Waals surface area contributed by atoms with E-state index in [-0.39, 0.29) is 5.91 Å². The van der Waals surface area contributed by atoms with Crippen molar-refractivity contribution in [3.8, 4) is 0 Å². The van der Waals surface area contributed by atoms with Gasteiger partial charge in [0.05, 0.1) is 17.7 Å². The number of carbonyl (C=O) groups excluding carboxylic acids is 2. The van der Waals surface area contributed by atoms with Gasteiger partial charge in [0.25, 0.3) is 5.91 Å². The number of aryl methyl sites for hydroxylation is 1. The molecule has 1 N–H and O–H groups in total. The van der Waals surface area contributed by atoms with Crippen LogP contribution in [0.2, 0.25) is 0 Å². The molecule has 3 aromatic rings. The Bertz CT molecular complexity index is 907. The van der Waals surface area contributed by atoms with Gasteiger partial charge in [0, 0.05) is 10.6 Å². The fraction of sp³-hybridized carbons (Fsp3) is 0.250. The monoisotopic (exact) mass is 407 g/mol. The summed E-state index contributed by atoms with van der Waals surface area (Å²) in [6, 6.07) is 20.2. The summed E-state index contributed by atoms with van der Waals surface area (Å²) in [5.41, 5.74) is 1.29. The van der Waals surface area contributed by atoms with Gasteiger partial charge in [-0.25, -0.2) is 4.79 Å². The predicted octanol–water partition coefficient (Wildman–Crippen LogP) is 5.96. The van der Waals surface area contributed by atoms with Gasteiger partial charge in [-0.3, -0.25) is 4.79 Å². The number of hydrogen-bond acceptors (Lipinski definition) is 4. The summed E-state index contributed by atoms with van der Waals surface area (Å²) >= 11 is 1.79. The summed E-state index contributed by atoms with van der Waals surface area (Å²) in [6.07, 6.45) is 5.23. The van der Waals surface area contributed by atoms with Crippen molar-refractivity contribution in [2.24, 2.45) is 0 Å². The van der Waals surface area contributed by atoms with Crippen molar-refractivity contribution < 1.29 is 14.3 Å². The molecular weight excluding hydrogens is 382 g/mol. The summed E-state index contributed by atoms with van der Waals surface area (Å²) < 4.78 is 5.40. The first-order valence-corrected chi connectivity index (χ1v) is 10.8. The number of anilines is 1. The third kappa shape index (κ3) is 6.57. The maximum Gasteiger partial charge on any atom is 0.338 e. The lowest BCUT2D eigenvalue weighted by Gasteiger charge is -2.10. The van der Waals surface area contributed by atoms with E-state index in [1.807, 2.05) is 18.2 Å². The van der Waals surface area contributed by atoms with Crippen LogP contribution in [-0.2, 0) is 11.2 Å². The largest absolute Gasteiger partial charge is 0.462 e. The zero-order chi connectivity index (χ0) is 20.3. The van der Waals surface area contributed by atoms with E-state index in [4.69, 9.17) is 4.74 Å². The fourth-order valence-corrected chi connectivity index (χ4v) is 3.78. The molecule has 29 heavy (non-hydrogen) atoms.